The van der Waals surface area contributed by atoms with E-state index in [9.17, 15) is 0 Å². The van der Waals surface area contributed by atoms with E-state index < -0.39 is 0 Å². The highest BCUT2D eigenvalue weighted by Crippen LogP contribution is 2.15. The van der Waals surface area contributed by atoms with E-state index in [1.807, 2.05) is 0 Å². The molecule has 4 heteroatoms. The molecule has 0 saturated carbocycles. The van der Waals surface area contributed by atoms with Crippen molar-refractivity contribution in [1.82, 2.24) is 20.1 Å². The Morgan fingerprint density at radius 1 is 1.12 bits per heavy atom. The van der Waals surface area contributed by atoms with E-state index in [1.165, 1.54) is 11.9 Å². The first-order chi connectivity index (χ1) is 8.16. The molecule has 1 aromatic carbocycles. The Bertz CT molecular complexity index is 445. The largest absolute Gasteiger partial charge is 0.308 e. The number of nitrogens with zero attached hydrogens (tertiary/aromatic N) is 3. The Morgan fingerprint density at radius 3 is 2.35 bits per heavy atom. The molecular formula is C13H18N4. The van der Waals surface area contributed by atoms with Crippen molar-refractivity contribution in [1.29, 1.82) is 0 Å². The fourth-order valence-electron chi connectivity index (χ4n) is 1.85. The molecule has 1 heterocycles. The van der Waals surface area contributed by atoms with Gasteiger partial charge in [0.05, 0.1) is 5.69 Å². The highest BCUT2D eigenvalue weighted by Gasteiger charge is 2.06. The van der Waals surface area contributed by atoms with Crippen LogP contribution in [-0.2, 0) is 0 Å². The highest BCUT2D eigenvalue weighted by atomic mass is 15.3. The molecule has 0 amide bonds. The number of hydrogen-bond acceptors (Lipinski definition) is 3. The quantitative estimate of drug-likeness (QED) is 0.876. The van der Waals surface area contributed by atoms with Gasteiger partial charge in [0.2, 0.25) is 0 Å². The summed E-state index contributed by atoms with van der Waals surface area (Å²) in [5.41, 5.74) is 2.31. The maximum atomic E-state index is 4.10. The van der Waals surface area contributed by atoms with Crippen LogP contribution in [0.4, 0.5) is 0 Å². The van der Waals surface area contributed by atoms with E-state index in [-0.39, 0.29) is 0 Å². The first-order valence-electron chi connectivity index (χ1n) is 5.88. The number of benzene rings is 1. The van der Waals surface area contributed by atoms with Gasteiger partial charge in [-0.1, -0.05) is 26.0 Å². The summed E-state index contributed by atoms with van der Waals surface area (Å²) in [6.07, 6.45) is 3.24. The van der Waals surface area contributed by atoms with Crippen LogP contribution in [0.5, 0.6) is 0 Å². The minimum absolute atomic E-state index is 0.361. The van der Waals surface area contributed by atoms with Crippen LogP contribution < -0.4 is 5.32 Å². The summed E-state index contributed by atoms with van der Waals surface area (Å²) in [4.78, 5) is 3.93. The van der Waals surface area contributed by atoms with Gasteiger partial charge in [0, 0.05) is 12.1 Å². The molecule has 1 N–H and O–H groups in total. The molecule has 0 radical (unpaired) electrons. The summed E-state index contributed by atoms with van der Waals surface area (Å²) in [7, 11) is 0. The molecule has 2 rings (SSSR count). The summed E-state index contributed by atoms with van der Waals surface area (Å²) >= 11 is 0. The number of hydrogen-bond donors (Lipinski definition) is 1. The van der Waals surface area contributed by atoms with Crippen molar-refractivity contribution in [2.24, 2.45) is 0 Å². The van der Waals surface area contributed by atoms with Crippen LogP contribution in [0.25, 0.3) is 5.69 Å². The third-order valence-electron chi connectivity index (χ3n) is 2.66. The van der Waals surface area contributed by atoms with Gasteiger partial charge in [0.25, 0.3) is 0 Å². The molecule has 0 aliphatic heterocycles. The van der Waals surface area contributed by atoms with Gasteiger partial charge < -0.3 is 5.32 Å². The zero-order valence-corrected chi connectivity index (χ0v) is 10.5. The molecule has 17 heavy (non-hydrogen) atoms. The van der Waals surface area contributed by atoms with Gasteiger partial charge >= 0.3 is 0 Å². The Hall–Kier alpha value is -1.68. The lowest BCUT2D eigenvalue weighted by atomic mass is 10.1. The average Bonchev–Trinajstić information content (AvgIpc) is 2.82. The van der Waals surface area contributed by atoms with E-state index in [4.69, 9.17) is 0 Å². The Morgan fingerprint density at radius 2 is 1.82 bits per heavy atom. The van der Waals surface area contributed by atoms with Crippen molar-refractivity contribution in [3.63, 3.8) is 0 Å². The van der Waals surface area contributed by atoms with Crippen LogP contribution in [0.15, 0.2) is 36.9 Å². The van der Waals surface area contributed by atoms with Gasteiger partial charge in [-0.2, -0.15) is 5.10 Å². The highest BCUT2D eigenvalue weighted by molar-refractivity contribution is 5.34. The summed E-state index contributed by atoms with van der Waals surface area (Å²) in [6, 6.07) is 9.21. The van der Waals surface area contributed by atoms with Gasteiger partial charge in [0.1, 0.15) is 12.7 Å². The molecule has 0 fully saturated rings. The predicted molar refractivity (Wildman–Crippen MR) is 68.0 cm³/mol. The Balaban J connectivity index is 2.13. The lowest BCUT2D eigenvalue weighted by Gasteiger charge is -2.17. The number of aromatic nitrogens is 3. The van der Waals surface area contributed by atoms with Gasteiger partial charge in [-0.3, -0.25) is 0 Å². The van der Waals surface area contributed by atoms with Gasteiger partial charge in [-0.25, -0.2) is 9.67 Å². The van der Waals surface area contributed by atoms with Crippen LogP contribution in [0.2, 0.25) is 0 Å². The van der Waals surface area contributed by atoms with Crippen LogP contribution in [0, 0.1) is 0 Å². The van der Waals surface area contributed by atoms with E-state index in [1.54, 1.807) is 11.0 Å². The number of nitrogens with one attached hydrogen (secondary N) is 1. The summed E-state index contributed by atoms with van der Waals surface area (Å²) in [5.74, 6) is 0. The van der Waals surface area contributed by atoms with Crippen molar-refractivity contribution >= 4 is 0 Å². The maximum Gasteiger partial charge on any atom is 0.138 e. The summed E-state index contributed by atoms with van der Waals surface area (Å²) in [5, 5.41) is 7.58. The zero-order valence-electron chi connectivity index (χ0n) is 10.5. The van der Waals surface area contributed by atoms with Crippen LogP contribution in [0.3, 0.4) is 0 Å². The molecule has 0 aliphatic rings. The SMILES string of the molecule is CC(C)NC(C)c1ccc(-n2cncn2)cc1. The van der Waals surface area contributed by atoms with Crippen molar-refractivity contribution < 1.29 is 0 Å². The molecule has 1 atom stereocenters. The van der Waals surface area contributed by atoms with Crippen LogP contribution in [-0.4, -0.2) is 20.8 Å². The van der Waals surface area contributed by atoms with E-state index in [2.05, 4.69) is 60.4 Å². The lowest BCUT2D eigenvalue weighted by Crippen LogP contribution is -2.25. The second kappa shape index (κ2) is 5.10. The third kappa shape index (κ3) is 2.91. The molecule has 0 saturated heterocycles. The molecule has 2 aromatic rings. The average molecular weight is 230 g/mol. The molecule has 1 aromatic heterocycles. The second-order valence-electron chi connectivity index (χ2n) is 4.47. The molecular weight excluding hydrogens is 212 g/mol. The molecule has 1 unspecified atom stereocenters. The van der Waals surface area contributed by atoms with E-state index in [0.717, 1.165) is 5.69 Å². The minimum atomic E-state index is 0.361. The smallest absolute Gasteiger partial charge is 0.138 e. The molecule has 0 spiro atoms. The maximum absolute atomic E-state index is 4.10. The molecule has 4 nitrogen and oxygen atoms in total. The molecule has 90 valence electrons. The standard InChI is InChI=1S/C13H18N4/c1-10(2)16-11(3)12-4-6-13(7-5-12)17-9-14-8-15-17/h4-11,16H,1-3H3. The first kappa shape index (κ1) is 11.8. The lowest BCUT2D eigenvalue weighted by molar-refractivity contribution is 0.506. The fraction of sp³-hybridized carbons (Fsp3) is 0.385. The summed E-state index contributed by atoms with van der Waals surface area (Å²) < 4.78 is 1.75. The normalized spacial score (nSPS) is 12.9. The van der Waals surface area contributed by atoms with Crippen molar-refractivity contribution in [3.8, 4) is 5.69 Å². The van der Waals surface area contributed by atoms with Crippen molar-refractivity contribution in [3.05, 3.63) is 42.5 Å². The fourth-order valence-corrected chi connectivity index (χ4v) is 1.85. The van der Waals surface area contributed by atoms with Gasteiger partial charge in [-0.05, 0) is 24.6 Å². The zero-order chi connectivity index (χ0) is 12.3. The van der Waals surface area contributed by atoms with Crippen molar-refractivity contribution in [2.75, 3.05) is 0 Å². The second-order valence-corrected chi connectivity index (χ2v) is 4.47. The predicted octanol–water partition coefficient (Wildman–Crippen LogP) is 2.33. The molecule has 0 bridgehead atoms. The first-order valence-corrected chi connectivity index (χ1v) is 5.88. The Kier molecular flexibility index (Phi) is 3.54. The van der Waals surface area contributed by atoms with E-state index >= 15 is 0 Å². The van der Waals surface area contributed by atoms with Crippen molar-refractivity contribution in [2.45, 2.75) is 32.9 Å². The summed E-state index contributed by atoms with van der Waals surface area (Å²) in [6.45, 7) is 6.48. The van der Waals surface area contributed by atoms with Crippen LogP contribution >= 0.6 is 0 Å². The van der Waals surface area contributed by atoms with Gasteiger partial charge in [-0.15, -0.1) is 0 Å². The van der Waals surface area contributed by atoms with E-state index in [0.29, 0.717) is 12.1 Å². The van der Waals surface area contributed by atoms with Crippen LogP contribution in [0.1, 0.15) is 32.4 Å². The number of rotatable bonds is 4. The van der Waals surface area contributed by atoms with Gasteiger partial charge in [0.15, 0.2) is 0 Å². The molecule has 0 aliphatic carbocycles. The monoisotopic (exact) mass is 230 g/mol. The Labute approximate surface area is 102 Å². The topological polar surface area (TPSA) is 42.7 Å². The minimum Gasteiger partial charge on any atom is -0.308 e. The third-order valence-corrected chi connectivity index (χ3v) is 2.66.